The Bertz CT molecular complexity index is 625. The topological polar surface area (TPSA) is 85.8 Å². The van der Waals surface area contributed by atoms with Crippen molar-refractivity contribution in [3.05, 3.63) is 42.6 Å². The number of carbonyl (C=O) groups excluding carboxylic acids is 1. The molecule has 1 aliphatic rings. The first kappa shape index (κ1) is 14.7. The highest BCUT2D eigenvalue weighted by Crippen LogP contribution is 2.23. The number of rotatable bonds is 4. The van der Waals surface area contributed by atoms with E-state index in [1.165, 1.54) is 0 Å². The van der Waals surface area contributed by atoms with Gasteiger partial charge < -0.3 is 11.1 Å². The molecule has 3 N–H and O–H groups in total. The summed E-state index contributed by atoms with van der Waals surface area (Å²) in [6.45, 7) is 0.464. The molecule has 2 atom stereocenters. The molecule has 2 unspecified atom stereocenters. The second-order valence-electron chi connectivity index (χ2n) is 5.80. The highest BCUT2D eigenvalue weighted by molar-refractivity contribution is 5.78. The van der Waals surface area contributed by atoms with Crippen LogP contribution in [0.3, 0.4) is 0 Å². The Hall–Kier alpha value is -2.21. The van der Waals surface area contributed by atoms with Gasteiger partial charge in [0.05, 0.1) is 0 Å². The third kappa shape index (κ3) is 3.33. The smallest absolute Gasteiger partial charge is 0.223 e. The minimum Gasteiger partial charge on any atom is -0.352 e. The van der Waals surface area contributed by atoms with Crippen molar-refractivity contribution in [2.75, 3.05) is 0 Å². The molecule has 0 aliphatic heterocycles. The van der Waals surface area contributed by atoms with Crippen LogP contribution >= 0.6 is 0 Å². The molecule has 1 saturated carbocycles. The van der Waals surface area contributed by atoms with E-state index in [1.54, 1.807) is 18.7 Å². The second-order valence-corrected chi connectivity index (χ2v) is 5.80. The normalized spacial score (nSPS) is 21.5. The Kier molecular flexibility index (Phi) is 4.48. The molecule has 1 fully saturated rings. The Morgan fingerprint density at radius 1 is 1.41 bits per heavy atom. The van der Waals surface area contributed by atoms with Crippen LogP contribution < -0.4 is 11.1 Å². The third-order valence-electron chi connectivity index (χ3n) is 4.16. The molecule has 1 amide bonds. The van der Waals surface area contributed by atoms with Gasteiger partial charge in [-0.2, -0.15) is 0 Å². The van der Waals surface area contributed by atoms with Crippen LogP contribution in [0.1, 0.15) is 31.2 Å². The van der Waals surface area contributed by atoms with Crippen LogP contribution in [0.2, 0.25) is 0 Å². The van der Waals surface area contributed by atoms with Crippen LogP contribution in [-0.4, -0.2) is 26.5 Å². The average molecular weight is 299 g/mol. The van der Waals surface area contributed by atoms with Gasteiger partial charge in [-0.3, -0.25) is 9.36 Å². The van der Waals surface area contributed by atoms with Crippen LogP contribution in [-0.2, 0) is 11.3 Å². The maximum atomic E-state index is 12.3. The molecule has 0 radical (unpaired) electrons. The minimum atomic E-state index is 0.0390. The monoisotopic (exact) mass is 299 g/mol. The SMILES string of the molecule is NC1CCCC(C(=O)NCc2cccnc2-n2ccnc2)C1. The van der Waals surface area contributed by atoms with Crippen molar-refractivity contribution >= 4 is 5.91 Å². The molecule has 0 aromatic carbocycles. The van der Waals surface area contributed by atoms with Crippen LogP contribution in [0.4, 0.5) is 0 Å². The number of pyridine rings is 1. The summed E-state index contributed by atoms with van der Waals surface area (Å²) in [7, 11) is 0. The minimum absolute atomic E-state index is 0.0390. The van der Waals surface area contributed by atoms with Crippen LogP contribution in [0.5, 0.6) is 0 Å². The molecule has 0 bridgehead atoms. The predicted octanol–water partition coefficient (Wildman–Crippen LogP) is 1.40. The van der Waals surface area contributed by atoms with Crippen LogP contribution in [0.25, 0.3) is 5.82 Å². The van der Waals surface area contributed by atoms with Gasteiger partial charge in [0, 0.05) is 42.7 Å². The number of imidazole rings is 1. The largest absolute Gasteiger partial charge is 0.352 e. The van der Waals surface area contributed by atoms with E-state index in [4.69, 9.17) is 5.73 Å². The molecule has 2 aromatic heterocycles. The highest BCUT2D eigenvalue weighted by Gasteiger charge is 2.25. The Morgan fingerprint density at radius 2 is 2.32 bits per heavy atom. The summed E-state index contributed by atoms with van der Waals surface area (Å²) in [5, 5.41) is 3.02. The zero-order valence-corrected chi connectivity index (χ0v) is 12.5. The fraction of sp³-hybridized carbons (Fsp3) is 0.438. The lowest BCUT2D eigenvalue weighted by Crippen LogP contribution is -2.37. The zero-order chi connectivity index (χ0) is 15.4. The Morgan fingerprint density at radius 3 is 3.09 bits per heavy atom. The number of hydrogen-bond donors (Lipinski definition) is 2. The molecule has 0 spiro atoms. The van der Waals surface area contributed by atoms with E-state index in [0.717, 1.165) is 37.1 Å². The standard InChI is InChI=1S/C16H21N5O/c17-14-5-1-3-12(9-14)16(22)20-10-13-4-2-6-19-15(13)21-8-7-18-11-21/h2,4,6-8,11-12,14H,1,3,5,9-10,17H2,(H,20,22). The number of nitrogens with zero attached hydrogens (tertiary/aromatic N) is 3. The van der Waals surface area contributed by atoms with E-state index in [0.29, 0.717) is 6.54 Å². The van der Waals surface area contributed by atoms with Crippen molar-refractivity contribution in [3.63, 3.8) is 0 Å². The summed E-state index contributed by atoms with van der Waals surface area (Å²) in [5.74, 6) is 0.924. The van der Waals surface area contributed by atoms with E-state index in [1.807, 2.05) is 22.9 Å². The first-order chi connectivity index (χ1) is 10.7. The van der Waals surface area contributed by atoms with Crippen molar-refractivity contribution < 1.29 is 4.79 Å². The molecule has 6 heteroatoms. The van der Waals surface area contributed by atoms with Gasteiger partial charge >= 0.3 is 0 Å². The predicted molar refractivity (Wildman–Crippen MR) is 83.1 cm³/mol. The summed E-state index contributed by atoms with van der Waals surface area (Å²) in [6.07, 6.45) is 10.8. The number of carbonyl (C=O) groups is 1. The number of nitrogens with two attached hydrogens (primary N) is 1. The van der Waals surface area contributed by atoms with Gasteiger partial charge in [-0.25, -0.2) is 9.97 Å². The maximum absolute atomic E-state index is 12.3. The van der Waals surface area contributed by atoms with E-state index < -0.39 is 0 Å². The Labute approximate surface area is 129 Å². The summed E-state index contributed by atoms with van der Waals surface area (Å²) >= 11 is 0. The lowest BCUT2D eigenvalue weighted by molar-refractivity contribution is -0.126. The van der Waals surface area contributed by atoms with E-state index in [-0.39, 0.29) is 17.9 Å². The molecular formula is C16H21N5O. The fourth-order valence-corrected chi connectivity index (χ4v) is 2.98. The summed E-state index contributed by atoms with van der Waals surface area (Å²) in [6, 6.07) is 4.00. The number of nitrogens with one attached hydrogen (secondary N) is 1. The van der Waals surface area contributed by atoms with Crippen molar-refractivity contribution in [3.8, 4) is 5.82 Å². The first-order valence-electron chi connectivity index (χ1n) is 7.69. The molecule has 116 valence electrons. The molecular weight excluding hydrogens is 278 g/mol. The second kappa shape index (κ2) is 6.70. The van der Waals surface area contributed by atoms with Gasteiger partial charge in [-0.1, -0.05) is 12.5 Å². The number of amides is 1. The third-order valence-corrected chi connectivity index (χ3v) is 4.16. The fourth-order valence-electron chi connectivity index (χ4n) is 2.98. The molecule has 0 saturated heterocycles. The van der Waals surface area contributed by atoms with Gasteiger partial charge in [-0.05, 0) is 25.3 Å². The van der Waals surface area contributed by atoms with Crippen LogP contribution in [0, 0.1) is 5.92 Å². The van der Waals surface area contributed by atoms with Gasteiger partial charge in [0.2, 0.25) is 5.91 Å². The van der Waals surface area contributed by atoms with E-state index in [2.05, 4.69) is 15.3 Å². The molecule has 2 aromatic rings. The number of hydrogen-bond acceptors (Lipinski definition) is 4. The first-order valence-corrected chi connectivity index (χ1v) is 7.69. The van der Waals surface area contributed by atoms with Crippen molar-refractivity contribution in [2.45, 2.75) is 38.3 Å². The summed E-state index contributed by atoms with van der Waals surface area (Å²) < 4.78 is 1.85. The van der Waals surface area contributed by atoms with Crippen LogP contribution in [0.15, 0.2) is 37.1 Å². The zero-order valence-electron chi connectivity index (χ0n) is 12.5. The molecule has 3 rings (SSSR count). The van der Waals surface area contributed by atoms with Crippen molar-refractivity contribution in [1.29, 1.82) is 0 Å². The summed E-state index contributed by atoms with van der Waals surface area (Å²) in [5.41, 5.74) is 6.92. The van der Waals surface area contributed by atoms with Gasteiger partial charge in [0.25, 0.3) is 0 Å². The Balaban J connectivity index is 1.65. The maximum Gasteiger partial charge on any atom is 0.223 e. The van der Waals surface area contributed by atoms with Crippen molar-refractivity contribution in [1.82, 2.24) is 19.9 Å². The quantitative estimate of drug-likeness (QED) is 0.893. The van der Waals surface area contributed by atoms with Gasteiger partial charge in [0.15, 0.2) is 0 Å². The molecule has 1 aliphatic carbocycles. The molecule has 22 heavy (non-hydrogen) atoms. The van der Waals surface area contributed by atoms with Gasteiger partial charge in [0.1, 0.15) is 12.1 Å². The molecule has 2 heterocycles. The van der Waals surface area contributed by atoms with E-state index in [9.17, 15) is 4.79 Å². The summed E-state index contributed by atoms with van der Waals surface area (Å²) in [4.78, 5) is 20.7. The van der Waals surface area contributed by atoms with Gasteiger partial charge in [-0.15, -0.1) is 0 Å². The van der Waals surface area contributed by atoms with Crippen molar-refractivity contribution in [2.24, 2.45) is 11.7 Å². The average Bonchev–Trinajstić information content (AvgIpc) is 3.07. The lowest BCUT2D eigenvalue weighted by atomic mass is 9.85. The van der Waals surface area contributed by atoms with E-state index >= 15 is 0 Å². The lowest BCUT2D eigenvalue weighted by Gasteiger charge is -2.25. The molecule has 6 nitrogen and oxygen atoms in total. The highest BCUT2D eigenvalue weighted by atomic mass is 16.1. The number of aromatic nitrogens is 3.